The summed E-state index contributed by atoms with van der Waals surface area (Å²) in [5.41, 5.74) is 3.35. The molecule has 0 atom stereocenters. The highest BCUT2D eigenvalue weighted by atomic mass is 19.1. The lowest BCUT2D eigenvalue weighted by Crippen LogP contribution is -2.06. The molecule has 1 fully saturated rings. The summed E-state index contributed by atoms with van der Waals surface area (Å²) in [7, 11) is 1.55. The monoisotopic (exact) mass is 338 g/mol. The predicted octanol–water partition coefficient (Wildman–Crippen LogP) is 4.27. The fourth-order valence-corrected chi connectivity index (χ4v) is 3.46. The zero-order chi connectivity index (χ0) is 17.2. The molecule has 2 heterocycles. The van der Waals surface area contributed by atoms with E-state index in [0.717, 1.165) is 35.5 Å². The first-order chi connectivity index (χ1) is 12.3. The maximum absolute atomic E-state index is 13.3. The topological polar surface area (TPSA) is 52.8 Å². The first-order valence-electron chi connectivity index (χ1n) is 8.46. The highest BCUT2D eigenvalue weighted by Gasteiger charge is 2.24. The molecule has 5 nitrogen and oxygen atoms in total. The van der Waals surface area contributed by atoms with Gasteiger partial charge < -0.3 is 9.30 Å². The molecule has 0 N–H and O–H groups in total. The molecule has 3 aromatic rings. The molecule has 6 heteroatoms. The van der Waals surface area contributed by atoms with Gasteiger partial charge in [0.25, 0.3) is 0 Å². The summed E-state index contributed by atoms with van der Waals surface area (Å²) >= 11 is 0. The predicted molar refractivity (Wildman–Crippen MR) is 92.7 cm³/mol. The molecular formula is C19H19FN4O. The molecule has 0 bridgehead atoms. The fraction of sp³-hybridized carbons (Fsp3) is 0.316. The average molecular weight is 338 g/mol. The maximum atomic E-state index is 13.3. The number of ether oxygens (including phenoxy) is 1. The number of methoxy groups -OCH3 is 1. The van der Waals surface area contributed by atoms with E-state index in [4.69, 9.17) is 4.74 Å². The Hall–Kier alpha value is -2.76. The van der Waals surface area contributed by atoms with Crippen LogP contribution in [0.3, 0.4) is 0 Å². The molecule has 25 heavy (non-hydrogen) atoms. The third-order valence-corrected chi connectivity index (χ3v) is 4.69. The van der Waals surface area contributed by atoms with Gasteiger partial charge in [-0.2, -0.15) is 4.98 Å². The second-order valence-electron chi connectivity index (χ2n) is 6.22. The Labute approximate surface area is 145 Å². The molecule has 0 radical (unpaired) electrons. The van der Waals surface area contributed by atoms with Gasteiger partial charge in [-0.3, -0.25) is 0 Å². The second-order valence-corrected chi connectivity index (χ2v) is 6.22. The molecule has 0 saturated heterocycles. The van der Waals surface area contributed by atoms with Crippen LogP contribution in [0.4, 0.5) is 4.39 Å². The molecule has 0 unspecified atom stereocenters. The van der Waals surface area contributed by atoms with Crippen molar-refractivity contribution in [2.75, 3.05) is 7.11 Å². The van der Waals surface area contributed by atoms with Crippen LogP contribution in [0.25, 0.3) is 22.6 Å². The minimum Gasteiger partial charge on any atom is -0.467 e. The Balaban J connectivity index is 1.88. The van der Waals surface area contributed by atoms with Gasteiger partial charge in [0.1, 0.15) is 5.82 Å². The molecule has 2 aromatic heterocycles. The zero-order valence-corrected chi connectivity index (χ0v) is 14.0. The molecule has 1 aliphatic rings. The van der Waals surface area contributed by atoms with Crippen molar-refractivity contribution in [1.29, 1.82) is 0 Å². The van der Waals surface area contributed by atoms with Crippen LogP contribution in [0.15, 0.2) is 42.9 Å². The first-order valence-corrected chi connectivity index (χ1v) is 8.46. The van der Waals surface area contributed by atoms with Gasteiger partial charge >= 0.3 is 6.01 Å². The first kappa shape index (κ1) is 15.7. The smallest absolute Gasteiger partial charge is 0.316 e. The maximum Gasteiger partial charge on any atom is 0.316 e. The molecule has 4 rings (SSSR count). The van der Waals surface area contributed by atoms with Crippen molar-refractivity contribution in [3.8, 4) is 28.7 Å². The van der Waals surface area contributed by atoms with Crippen LogP contribution in [0, 0.1) is 5.82 Å². The van der Waals surface area contributed by atoms with E-state index in [1.54, 1.807) is 25.4 Å². The lowest BCUT2D eigenvalue weighted by atomic mass is 10.1. The van der Waals surface area contributed by atoms with Crippen LogP contribution in [-0.4, -0.2) is 26.6 Å². The summed E-state index contributed by atoms with van der Waals surface area (Å²) in [6.45, 7) is 0. The summed E-state index contributed by atoms with van der Waals surface area (Å²) in [5, 5.41) is 0. The van der Waals surface area contributed by atoms with Crippen molar-refractivity contribution >= 4 is 0 Å². The number of rotatable bonds is 4. The Morgan fingerprint density at radius 2 is 1.84 bits per heavy atom. The van der Waals surface area contributed by atoms with Gasteiger partial charge in [-0.1, -0.05) is 12.8 Å². The normalized spacial score (nSPS) is 14.8. The van der Waals surface area contributed by atoms with E-state index in [2.05, 4.69) is 19.5 Å². The third-order valence-electron chi connectivity index (χ3n) is 4.69. The van der Waals surface area contributed by atoms with Gasteiger partial charge in [-0.15, -0.1) is 0 Å². The summed E-state index contributed by atoms with van der Waals surface area (Å²) in [5.74, 6) is -0.260. The molecule has 0 aliphatic heterocycles. The molecule has 128 valence electrons. The van der Waals surface area contributed by atoms with Crippen LogP contribution in [0.5, 0.6) is 6.01 Å². The fourth-order valence-electron chi connectivity index (χ4n) is 3.46. The number of hydrogen-bond donors (Lipinski definition) is 0. The summed E-state index contributed by atoms with van der Waals surface area (Å²) in [6, 6.07) is 9.00. The molecule has 1 aliphatic carbocycles. The van der Waals surface area contributed by atoms with Crippen molar-refractivity contribution in [2.45, 2.75) is 31.7 Å². The molecule has 0 amide bonds. The van der Waals surface area contributed by atoms with Gasteiger partial charge in [0.05, 0.1) is 30.5 Å². The van der Waals surface area contributed by atoms with Crippen molar-refractivity contribution < 1.29 is 9.13 Å². The van der Waals surface area contributed by atoms with Crippen LogP contribution in [-0.2, 0) is 0 Å². The number of nitrogens with zero attached hydrogens (tertiary/aromatic N) is 4. The zero-order valence-electron chi connectivity index (χ0n) is 14.0. The van der Waals surface area contributed by atoms with E-state index in [-0.39, 0.29) is 5.82 Å². The van der Waals surface area contributed by atoms with Crippen LogP contribution < -0.4 is 4.74 Å². The lowest BCUT2D eigenvalue weighted by molar-refractivity contribution is 0.380. The quantitative estimate of drug-likeness (QED) is 0.713. The van der Waals surface area contributed by atoms with Crippen LogP contribution in [0.1, 0.15) is 31.7 Å². The van der Waals surface area contributed by atoms with Crippen molar-refractivity contribution in [3.05, 3.63) is 48.7 Å². The molecular weight excluding hydrogens is 319 g/mol. The van der Waals surface area contributed by atoms with Crippen molar-refractivity contribution in [2.24, 2.45) is 0 Å². The molecule has 1 aromatic carbocycles. The van der Waals surface area contributed by atoms with Crippen LogP contribution >= 0.6 is 0 Å². The Bertz CT molecular complexity index is 869. The Kier molecular flexibility index (Phi) is 4.17. The van der Waals surface area contributed by atoms with Gasteiger partial charge in [0, 0.05) is 17.8 Å². The number of imidazole rings is 1. The van der Waals surface area contributed by atoms with Gasteiger partial charge in [0.2, 0.25) is 0 Å². The van der Waals surface area contributed by atoms with Crippen molar-refractivity contribution in [1.82, 2.24) is 19.5 Å². The van der Waals surface area contributed by atoms with Crippen molar-refractivity contribution in [3.63, 3.8) is 0 Å². The average Bonchev–Trinajstić information content (AvgIpc) is 3.32. The van der Waals surface area contributed by atoms with E-state index < -0.39 is 0 Å². The highest BCUT2D eigenvalue weighted by Crippen LogP contribution is 2.37. The Morgan fingerprint density at radius 1 is 1.08 bits per heavy atom. The number of hydrogen-bond acceptors (Lipinski definition) is 4. The number of benzene rings is 1. The molecule has 0 spiro atoms. The molecule has 1 saturated carbocycles. The third kappa shape index (κ3) is 2.99. The number of aromatic nitrogens is 4. The van der Waals surface area contributed by atoms with E-state index in [9.17, 15) is 4.39 Å². The largest absolute Gasteiger partial charge is 0.467 e. The van der Waals surface area contributed by atoms with Gasteiger partial charge in [-0.05, 0) is 43.2 Å². The Morgan fingerprint density at radius 3 is 2.56 bits per heavy atom. The van der Waals surface area contributed by atoms with E-state index in [1.165, 1.54) is 25.0 Å². The summed E-state index contributed by atoms with van der Waals surface area (Å²) in [6.07, 6.45) is 8.27. The summed E-state index contributed by atoms with van der Waals surface area (Å²) < 4.78 is 20.7. The second kappa shape index (κ2) is 6.63. The van der Waals surface area contributed by atoms with E-state index in [0.29, 0.717) is 12.1 Å². The van der Waals surface area contributed by atoms with E-state index >= 15 is 0 Å². The van der Waals surface area contributed by atoms with E-state index in [1.807, 2.05) is 12.4 Å². The highest BCUT2D eigenvalue weighted by molar-refractivity contribution is 5.77. The SMILES string of the molecule is COc1nccc(-c2c(-c3ccc(F)cc3)ncn2C2CCCC2)n1. The summed E-state index contributed by atoms with van der Waals surface area (Å²) in [4.78, 5) is 13.2. The minimum absolute atomic E-state index is 0.260. The van der Waals surface area contributed by atoms with Gasteiger partial charge in [0.15, 0.2) is 0 Å². The lowest BCUT2D eigenvalue weighted by Gasteiger charge is -2.16. The minimum atomic E-state index is -0.260. The van der Waals surface area contributed by atoms with Crippen LogP contribution in [0.2, 0.25) is 0 Å². The standard InChI is InChI=1S/C19H19FN4O/c1-25-19-21-11-10-16(23-19)18-17(13-6-8-14(20)9-7-13)22-12-24(18)15-4-2-3-5-15/h6-12,15H,2-5H2,1H3. The number of halogens is 1. The van der Waals surface area contributed by atoms with Gasteiger partial charge in [-0.25, -0.2) is 14.4 Å².